The number of nitrogens with one attached hydrogen (secondary N) is 1. The highest BCUT2D eigenvalue weighted by atomic mass is 16.5. The maximum atomic E-state index is 12.2. The number of carbonyl (C=O) groups excluding carboxylic acids is 2. The normalized spacial score (nSPS) is 10.3. The van der Waals surface area contributed by atoms with E-state index in [1.165, 1.54) is 6.92 Å². The van der Waals surface area contributed by atoms with Crippen LogP contribution in [0.1, 0.15) is 24.5 Å². The van der Waals surface area contributed by atoms with Crippen LogP contribution in [0.4, 0.5) is 5.69 Å². The van der Waals surface area contributed by atoms with E-state index in [1.54, 1.807) is 19.1 Å². The smallest absolute Gasteiger partial charge is 0.223 e. The first kappa shape index (κ1) is 21.3. The maximum absolute atomic E-state index is 12.2. The molecule has 2 rings (SSSR count). The molecular weight excluding hydrogens is 356 g/mol. The van der Waals surface area contributed by atoms with E-state index in [1.807, 2.05) is 49.4 Å². The van der Waals surface area contributed by atoms with Crippen molar-refractivity contribution < 1.29 is 19.1 Å². The number of ether oxygens (including phenoxy) is 2. The number of amides is 2. The number of rotatable bonds is 9. The molecule has 0 aliphatic carbocycles. The van der Waals surface area contributed by atoms with E-state index in [-0.39, 0.29) is 18.2 Å². The Bertz CT molecular complexity index is 803. The van der Waals surface area contributed by atoms with Gasteiger partial charge in [0, 0.05) is 32.1 Å². The summed E-state index contributed by atoms with van der Waals surface area (Å²) in [5, 5.41) is 2.90. The highest BCUT2D eigenvalue weighted by Crippen LogP contribution is 2.27. The number of hydrogen-bond donors (Lipinski definition) is 1. The molecule has 1 N–H and O–H groups in total. The molecule has 6 heteroatoms. The fourth-order valence-corrected chi connectivity index (χ4v) is 2.88. The second-order valence-electron chi connectivity index (χ2n) is 6.55. The van der Waals surface area contributed by atoms with Gasteiger partial charge in [0.05, 0.1) is 14.2 Å². The second-order valence-corrected chi connectivity index (χ2v) is 6.55. The molecule has 2 aromatic rings. The van der Waals surface area contributed by atoms with E-state index in [0.717, 1.165) is 16.8 Å². The summed E-state index contributed by atoms with van der Waals surface area (Å²) in [7, 11) is 3.19. The fourth-order valence-electron chi connectivity index (χ4n) is 2.88. The lowest BCUT2D eigenvalue weighted by atomic mass is 10.1. The fraction of sp³-hybridized carbons (Fsp3) is 0.364. The minimum absolute atomic E-state index is 0.0815. The Hall–Kier alpha value is -3.02. The van der Waals surface area contributed by atoms with Crippen LogP contribution in [0.3, 0.4) is 0 Å². The van der Waals surface area contributed by atoms with Crippen LogP contribution in [-0.4, -0.2) is 39.1 Å². The first-order chi connectivity index (χ1) is 13.4. The van der Waals surface area contributed by atoms with Crippen LogP contribution in [0.2, 0.25) is 0 Å². The Kier molecular flexibility index (Phi) is 7.87. The van der Waals surface area contributed by atoms with Crippen LogP contribution < -0.4 is 19.7 Å². The van der Waals surface area contributed by atoms with E-state index in [9.17, 15) is 9.59 Å². The lowest BCUT2D eigenvalue weighted by Crippen LogP contribution is -2.34. The summed E-state index contributed by atoms with van der Waals surface area (Å²) in [6, 6.07) is 13.4. The summed E-state index contributed by atoms with van der Waals surface area (Å²) in [6.07, 6.45) is 0.930. The van der Waals surface area contributed by atoms with E-state index >= 15 is 0 Å². The van der Waals surface area contributed by atoms with Gasteiger partial charge in [-0.15, -0.1) is 0 Å². The van der Waals surface area contributed by atoms with Gasteiger partial charge in [-0.2, -0.15) is 0 Å². The maximum Gasteiger partial charge on any atom is 0.223 e. The number of anilines is 1. The average molecular weight is 384 g/mol. The average Bonchev–Trinajstić information content (AvgIpc) is 2.69. The van der Waals surface area contributed by atoms with Gasteiger partial charge in [0.2, 0.25) is 11.8 Å². The Morgan fingerprint density at radius 2 is 1.68 bits per heavy atom. The van der Waals surface area contributed by atoms with Crippen molar-refractivity contribution in [2.45, 2.75) is 26.7 Å². The van der Waals surface area contributed by atoms with Crippen LogP contribution in [0, 0.1) is 6.92 Å². The number of aryl methyl sites for hydroxylation is 1. The van der Waals surface area contributed by atoms with Gasteiger partial charge < -0.3 is 19.7 Å². The van der Waals surface area contributed by atoms with E-state index in [4.69, 9.17) is 9.47 Å². The number of carbonyl (C=O) groups is 2. The summed E-state index contributed by atoms with van der Waals surface area (Å²) in [6.45, 7) is 4.36. The van der Waals surface area contributed by atoms with Crippen molar-refractivity contribution in [2.24, 2.45) is 0 Å². The number of nitrogens with zero attached hydrogens (tertiary/aromatic N) is 1. The van der Waals surface area contributed by atoms with E-state index in [0.29, 0.717) is 31.0 Å². The van der Waals surface area contributed by atoms with E-state index in [2.05, 4.69) is 5.32 Å². The van der Waals surface area contributed by atoms with Gasteiger partial charge in [-0.05, 0) is 43.2 Å². The van der Waals surface area contributed by atoms with Gasteiger partial charge in [-0.3, -0.25) is 9.59 Å². The Labute approximate surface area is 166 Å². The predicted molar refractivity (Wildman–Crippen MR) is 110 cm³/mol. The number of methoxy groups -OCH3 is 2. The van der Waals surface area contributed by atoms with Crippen molar-refractivity contribution >= 4 is 17.5 Å². The minimum Gasteiger partial charge on any atom is -0.493 e. The largest absolute Gasteiger partial charge is 0.493 e. The van der Waals surface area contributed by atoms with Crippen LogP contribution in [0.15, 0.2) is 42.5 Å². The zero-order chi connectivity index (χ0) is 20.5. The highest BCUT2D eigenvalue weighted by Gasteiger charge is 2.13. The van der Waals surface area contributed by atoms with Crippen molar-refractivity contribution in [3.63, 3.8) is 0 Å². The SMILES string of the molecule is COc1ccc(CCNC(=O)CCN(C(C)=O)c2ccc(C)cc2)cc1OC. The van der Waals surface area contributed by atoms with Crippen LogP contribution >= 0.6 is 0 Å². The third kappa shape index (κ3) is 6.01. The molecule has 6 nitrogen and oxygen atoms in total. The molecule has 28 heavy (non-hydrogen) atoms. The monoisotopic (exact) mass is 384 g/mol. The predicted octanol–water partition coefficient (Wildman–Crippen LogP) is 3.11. The Balaban J connectivity index is 1.83. The van der Waals surface area contributed by atoms with Crippen molar-refractivity contribution in [1.82, 2.24) is 5.32 Å². The molecule has 0 fully saturated rings. The van der Waals surface area contributed by atoms with Crippen molar-refractivity contribution in [3.05, 3.63) is 53.6 Å². The quantitative estimate of drug-likeness (QED) is 0.721. The number of benzene rings is 2. The molecule has 150 valence electrons. The van der Waals surface area contributed by atoms with Crippen LogP contribution in [0.5, 0.6) is 11.5 Å². The van der Waals surface area contributed by atoms with Crippen molar-refractivity contribution in [1.29, 1.82) is 0 Å². The molecule has 0 unspecified atom stereocenters. The molecular formula is C22H28N2O4. The molecule has 0 spiro atoms. The molecule has 0 saturated heterocycles. The second kappa shape index (κ2) is 10.3. The third-order valence-corrected chi connectivity index (χ3v) is 4.47. The number of hydrogen-bond acceptors (Lipinski definition) is 4. The lowest BCUT2D eigenvalue weighted by Gasteiger charge is -2.21. The molecule has 0 atom stereocenters. The summed E-state index contributed by atoms with van der Waals surface area (Å²) < 4.78 is 10.5. The molecule has 0 aliphatic heterocycles. The molecule has 0 heterocycles. The summed E-state index contributed by atoms with van der Waals surface area (Å²) >= 11 is 0. The van der Waals surface area contributed by atoms with Crippen molar-refractivity contribution in [3.8, 4) is 11.5 Å². The van der Waals surface area contributed by atoms with Gasteiger partial charge >= 0.3 is 0 Å². The minimum atomic E-state index is -0.0844. The third-order valence-electron chi connectivity index (χ3n) is 4.47. The molecule has 0 radical (unpaired) electrons. The highest BCUT2D eigenvalue weighted by molar-refractivity contribution is 5.92. The Morgan fingerprint density at radius 3 is 2.29 bits per heavy atom. The van der Waals surface area contributed by atoms with Crippen LogP contribution in [0.25, 0.3) is 0 Å². The zero-order valence-electron chi connectivity index (χ0n) is 17.0. The van der Waals surface area contributed by atoms with Gasteiger partial charge in [-0.1, -0.05) is 23.8 Å². The van der Waals surface area contributed by atoms with Crippen LogP contribution in [-0.2, 0) is 16.0 Å². The first-order valence-electron chi connectivity index (χ1n) is 9.27. The standard InChI is InChI=1S/C22H28N2O4/c1-16-5-8-19(9-6-16)24(17(2)25)14-12-22(26)23-13-11-18-7-10-20(27-3)21(15-18)28-4/h5-10,15H,11-14H2,1-4H3,(H,23,26). The zero-order valence-corrected chi connectivity index (χ0v) is 17.0. The van der Waals surface area contributed by atoms with Gasteiger partial charge in [0.25, 0.3) is 0 Å². The first-order valence-corrected chi connectivity index (χ1v) is 9.27. The van der Waals surface area contributed by atoms with Gasteiger partial charge in [0.1, 0.15) is 0 Å². The molecule has 0 aromatic heterocycles. The van der Waals surface area contributed by atoms with Crippen molar-refractivity contribution in [2.75, 3.05) is 32.2 Å². The topological polar surface area (TPSA) is 67.9 Å². The molecule has 2 amide bonds. The van der Waals surface area contributed by atoms with E-state index < -0.39 is 0 Å². The summed E-state index contributed by atoms with van der Waals surface area (Å²) in [5.74, 6) is 1.18. The summed E-state index contributed by atoms with van der Waals surface area (Å²) in [4.78, 5) is 25.7. The molecule has 0 aliphatic rings. The molecule has 0 saturated carbocycles. The van der Waals surface area contributed by atoms with Gasteiger partial charge in [0.15, 0.2) is 11.5 Å². The van der Waals surface area contributed by atoms with Gasteiger partial charge in [-0.25, -0.2) is 0 Å². The molecule has 2 aromatic carbocycles. The lowest BCUT2D eigenvalue weighted by molar-refractivity contribution is -0.121. The Morgan fingerprint density at radius 1 is 1.00 bits per heavy atom. The summed E-state index contributed by atoms with van der Waals surface area (Å²) in [5.41, 5.74) is 2.97. The molecule has 0 bridgehead atoms.